The molecule has 0 aliphatic carbocycles. The summed E-state index contributed by atoms with van der Waals surface area (Å²) >= 11 is 2.83. The zero-order valence-corrected chi connectivity index (χ0v) is 8.27. The Morgan fingerprint density at radius 2 is 1.92 bits per heavy atom. The zero-order chi connectivity index (χ0) is 10.2. The summed E-state index contributed by atoms with van der Waals surface area (Å²) in [6.07, 6.45) is -1.12. The van der Waals surface area contributed by atoms with Crippen LogP contribution < -0.4 is 0 Å². The number of halogens is 3. The van der Waals surface area contributed by atoms with Crippen LogP contribution in [-0.2, 0) is 0 Å². The summed E-state index contributed by atoms with van der Waals surface area (Å²) in [5.41, 5.74) is -0.192. The summed E-state index contributed by atoms with van der Waals surface area (Å²) in [7, 11) is 0. The van der Waals surface area contributed by atoms with Crippen LogP contribution in [0.1, 0.15) is 18.6 Å². The van der Waals surface area contributed by atoms with Gasteiger partial charge in [0.2, 0.25) is 5.82 Å². The molecular weight excluding hydrogens is 246 g/mol. The molecule has 0 aliphatic heterocycles. The molecule has 0 aliphatic rings. The third-order valence-corrected chi connectivity index (χ3v) is 2.22. The third kappa shape index (κ3) is 1.81. The second-order valence-corrected chi connectivity index (χ2v) is 3.45. The monoisotopic (exact) mass is 252 g/mol. The van der Waals surface area contributed by atoms with Gasteiger partial charge in [0, 0.05) is 5.56 Å². The lowest BCUT2D eigenvalue weighted by atomic mass is 10.1. The molecule has 0 amide bonds. The van der Waals surface area contributed by atoms with Gasteiger partial charge in [-0.1, -0.05) is 0 Å². The SMILES string of the molecule is CC(O)c1cc(Br)c(O)c(F)c1F. The Morgan fingerprint density at radius 1 is 1.38 bits per heavy atom. The molecule has 1 aromatic carbocycles. The first-order chi connectivity index (χ1) is 5.95. The van der Waals surface area contributed by atoms with E-state index in [9.17, 15) is 8.78 Å². The molecule has 0 aromatic heterocycles. The van der Waals surface area contributed by atoms with E-state index in [1.807, 2.05) is 0 Å². The van der Waals surface area contributed by atoms with Gasteiger partial charge in [0.1, 0.15) is 0 Å². The molecule has 1 aromatic rings. The summed E-state index contributed by atoms with van der Waals surface area (Å²) in [5, 5.41) is 18.0. The lowest BCUT2D eigenvalue weighted by Gasteiger charge is -2.09. The van der Waals surface area contributed by atoms with Gasteiger partial charge in [-0.15, -0.1) is 0 Å². The molecule has 0 bridgehead atoms. The molecule has 2 nitrogen and oxygen atoms in total. The van der Waals surface area contributed by atoms with Gasteiger partial charge in [0.25, 0.3) is 0 Å². The highest BCUT2D eigenvalue weighted by molar-refractivity contribution is 9.10. The van der Waals surface area contributed by atoms with Gasteiger partial charge in [-0.2, -0.15) is 4.39 Å². The van der Waals surface area contributed by atoms with Crippen molar-refractivity contribution in [2.75, 3.05) is 0 Å². The highest BCUT2D eigenvalue weighted by Gasteiger charge is 2.18. The quantitative estimate of drug-likeness (QED) is 0.755. The van der Waals surface area contributed by atoms with Gasteiger partial charge < -0.3 is 10.2 Å². The number of phenolic OH excluding ortho intramolecular Hbond substituents is 1. The first kappa shape index (κ1) is 10.4. The van der Waals surface area contributed by atoms with Crippen molar-refractivity contribution in [2.45, 2.75) is 13.0 Å². The van der Waals surface area contributed by atoms with Crippen molar-refractivity contribution in [1.29, 1.82) is 0 Å². The van der Waals surface area contributed by atoms with Crippen LogP contribution in [0, 0.1) is 11.6 Å². The Bertz CT molecular complexity index is 339. The number of aromatic hydroxyl groups is 1. The second kappa shape index (κ2) is 3.59. The molecule has 5 heteroatoms. The molecular formula is C8H7BrF2O2. The van der Waals surface area contributed by atoms with Crippen molar-refractivity contribution in [2.24, 2.45) is 0 Å². The van der Waals surface area contributed by atoms with Crippen LogP contribution in [0.4, 0.5) is 8.78 Å². The lowest BCUT2D eigenvalue weighted by molar-refractivity contribution is 0.192. The minimum atomic E-state index is -1.36. The molecule has 1 rings (SSSR count). The molecule has 13 heavy (non-hydrogen) atoms. The normalized spacial score (nSPS) is 13.0. The van der Waals surface area contributed by atoms with Crippen LogP contribution in [-0.4, -0.2) is 10.2 Å². The summed E-state index contributed by atoms with van der Waals surface area (Å²) in [6, 6.07) is 1.14. The Kier molecular flexibility index (Phi) is 2.87. The second-order valence-electron chi connectivity index (χ2n) is 2.60. The van der Waals surface area contributed by atoms with Crippen LogP contribution in [0.2, 0.25) is 0 Å². The molecule has 0 heterocycles. The Balaban J connectivity index is 3.41. The van der Waals surface area contributed by atoms with E-state index in [1.165, 1.54) is 6.92 Å². The number of aliphatic hydroxyl groups is 1. The largest absolute Gasteiger partial charge is 0.504 e. The molecule has 1 atom stereocenters. The van der Waals surface area contributed by atoms with E-state index in [0.29, 0.717) is 0 Å². The van der Waals surface area contributed by atoms with E-state index in [-0.39, 0.29) is 10.0 Å². The molecule has 0 radical (unpaired) electrons. The van der Waals surface area contributed by atoms with Crippen LogP contribution in [0.5, 0.6) is 5.75 Å². The van der Waals surface area contributed by atoms with Crippen molar-refractivity contribution >= 4 is 15.9 Å². The van der Waals surface area contributed by atoms with Crippen LogP contribution in [0.25, 0.3) is 0 Å². The third-order valence-electron chi connectivity index (χ3n) is 1.61. The average molecular weight is 253 g/mol. The highest BCUT2D eigenvalue weighted by atomic mass is 79.9. The van der Waals surface area contributed by atoms with Gasteiger partial charge in [0.15, 0.2) is 11.6 Å². The van der Waals surface area contributed by atoms with Crippen LogP contribution in [0.3, 0.4) is 0 Å². The number of benzene rings is 1. The van der Waals surface area contributed by atoms with Crippen molar-refractivity contribution in [3.63, 3.8) is 0 Å². The van der Waals surface area contributed by atoms with Gasteiger partial charge in [-0.25, -0.2) is 4.39 Å². The summed E-state index contributed by atoms with van der Waals surface area (Å²) in [6.45, 7) is 1.31. The number of aliphatic hydroxyl groups excluding tert-OH is 1. The standard InChI is InChI=1S/C8H7BrF2O2/c1-3(12)4-2-5(9)8(13)7(11)6(4)10/h2-3,12-13H,1H3. The van der Waals surface area contributed by atoms with E-state index in [4.69, 9.17) is 10.2 Å². The van der Waals surface area contributed by atoms with E-state index < -0.39 is 23.5 Å². The fraction of sp³-hybridized carbons (Fsp3) is 0.250. The minimum Gasteiger partial charge on any atom is -0.504 e. The fourth-order valence-electron chi connectivity index (χ4n) is 0.908. The number of hydrogen-bond donors (Lipinski definition) is 2. The number of hydrogen-bond acceptors (Lipinski definition) is 2. The maximum atomic E-state index is 13.0. The average Bonchev–Trinajstić information content (AvgIpc) is 2.07. The Morgan fingerprint density at radius 3 is 2.38 bits per heavy atom. The Hall–Kier alpha value is -0.680. The summed E-state index contributed by atoms with van der Waals surface area (Å²) < 4.78 is 25.8. The first-order valence-corrected chi connectivity index (χ1v) is 4.29. The van der Waals surface area contributed by atoms with Crippen LogP contribution in [0.15, 0.2) is 10.5 Å². The molecule has 0 saturated heterocycles. The van der Waals surface area contributed by atoms with E-state index in [0.717, 1.165) is 6.07 Å². The minimum absolute atomic E-state index is 0.0160. The molecule has 0 spiro atoms. The maximum absolute atomic E-state index is 13.0. The smallest absolute Gasteiger partial charge is 0.201 e. The predicted molar refractivity (Wildman–Crippen MR) is 46.4 cm³/mol. The van der Waals surface area contributed by atoms with Crippen LogP contribution >= 0.6 is 15.9 Å². The maximum Gasteiger partial charge on any atom is 0.201 e. The molecule has 1 unspecified atom stereocenters. The lowest BCUT2D eigenvalue weighted by Crippen LogP contribution is -1.99. The predicted octanol–water partition coefficient (Wildman–Crippen LogP) is 2.49. The molecule has 2 N–H and O–H groups in total. The van der Waals surface area contributed by atoms with E-state index in [1.54, 1.807) is 0 Å². The summed E-state index contributed by atoms with van der Waals surface area (Å²) in [5.74, 6) is -3.37. The molecule has 0 saturated carbocycles. The molecule has 72 valence electrons. The number of phenols is 1. The van der Waals surface area contributed by atoms with Gasteiger partial charge in [0.05, 0.1) is 10.6 Å². The van der Waals surface area contributed by atoms with Crippen molar-refractivity contribution < 1.29 is 19.0 Å². The highest BCUT2D eigenvalue weighted by Crippen LogP contribution is 2.33. The van der Waals surface area contributed by atoms with Gasteiger partial charge in [-0.05, 0) is 28.9 Å². The van der Waals surface area contributed by atoms with Gasteiger partial charge in [-0.3, -0.25) is 0 Å². The fourth-order valence-corrected chi connectivity index (χ4v) is 1.33. The van der Waals surface area contributed by atoms with E-state index >= 15 is 0 Å². The van der Waals surface area contributed by atoms with Crippen molar-refractivity contribution in [3.8, 4) is 5.75 Å². The molecule has 0 fully saturated rings. The van der Waals surface area contributed by atoms with Gasteiger partial charge >= 0.3 is 0 Å². The summed E-state index contributed by atoms with van der Waals surface area (Å²) in [4.78, 5) is 0. The Labute approximate surface area is 81.9 Å². The zero-order valence-electron chi connectivity index (χ0n) is 6.68. The van der Waals surface area contributed by atoms with Crippen molar-refractivity contribution in [1.82, 2.24) is 0 Å². The van der Waals surface area contributed by atoms with E-state index in [2.05, 4.69) is 15.9 Å². The topological polar surface area (TPSA) is 40.5 Å². The van der Waals surface area contributed by atoms with Crippen molar-refractivity contribution in [3.05, 3.63) is 27.7 Å². The first-order valence-electron chi connectivity index (χ1n) is 3.49. The number of rotatable bonds is 1.